The summed E-state index contributed by atoms with van der Waals surface area (Å²) >= 11 is 0. The molecule has 0 aliphatic heterocycles. The normalized spacial score (nSPS) is 22.1. The number of rotatable bonds is 10. The quantitative estimate of drug-likeness (QED) is 0.569. The summed E-state index contributed by atoms with van der Waals surface area (Å²) in [7, 11) is -3.21. The van der Waals surface area contributed by atoms with Gasteiger partial charge in [0.2, 0.25) is 10.0 Å². The Morgan fingerprint density at radius 3 is 2.61 bits per heavy atom. The van der Waals surface area contributed by atoms with Crippen LogP contribution in [0.1, 0.15) is 32.6 Å². The minimum atomic E-state index is -3.21. The molecule has 106 valence electrons. The molecule has 2 aliphatic rings. The lowest BCUT2D eigenvalue weighted by atomic mass is 10.4. The van der Waals surface area contributed by atoms with E-state index in [0.717, 1.165) is 12.5 Å². The monoisotopic (exact) mass is 276 g/mol. The van der Waals surface area contributed by atoms with Gasteiger partial charge in [-0.2, -0.15) is 0 Å². The highest BCUT2D eigenvalue weighted by atomic mass is 32.2. The van der Waals surface area contributed by atoms with Crippen molar-refractivity contribution in [2.75, 3.05) is 26.3 Å². The highest BCUT2D eigenvalue weighted by Crippen LogP contribution is 2.28. The zero-order chi connectivity index (χ0) is 13.0. The minimum absolute atomic E-state index is 0.378. The molecule has 0 bridgehead atoms. The van der Waals surface area contributed by atoms with Gasteiger partial charge in [-0.15, -0.1) is 0 Å². The second kappa shape index (κ2) is 6.32. The van der Waals surface area contributed by atoms with Gasteiger partial charge in [0.15, 0.2) is 0 Å². The molecular weight excluding hydrogens is 252 g/mol. The number of hydrogen-bond donors (Lipinski definition) is 2. The zero-order valence-electron chi connectivity index (χ0n) is 11.0. The van der Waals surface area contributed by atoms with Gasteiger partial charge in [-0.05, 0) is 38.5 Å². The second-order valence-corrected chi connectivity index (χ2v) is 7.63. The van der Waals surface area contributed by atoms with Crippen LogP contribution in [0.3, 0.4) is 0 Å². The van der Waals surface area contributed by atoms with E-state index < -0.39 is 10.0 Å². The molecule has 0 aromatic heterocycles. The van der Waals surface area contributed by atoms with Crippen LogP contribution in [0, 0.1) is 5.92 Å². The Balaban J connectivity index is 1.55. The van der Waals surface area contributed by atoms with Gasteiger partial charge in [0.1, 0.15) is 0 Å². The van der Waals surface area contributed by atoms with E-state index in [4.69, 9.17) is 4.74 Å². The summed E-state index contributed by atoms with van der Waals surface area (Å²) in [4.78, 5) is 0. The van der Waals surface area contributed by atoms with E-state index in [2.05, 4.69) is 10.0 Å². The van der Waals surface area contributed by atoms with Crippen molar-refractivity contribution in [3.63, 3.8) is 0 Å². The average Bonchev–Trinajstić information content (AvgIpc) is 3.18. The Bertz CT molecular complexity index is 350. The lowest BCUT2D eigenvalue weighted by Gasteiger charge is -2.14. The summed E-state index contributed by atoms with van der Waals surface area (Å²) in [5.41, 5.74) is 0. The second-order valence-electron chi connectivity index (χ2n) is 5.45. The van der Waals surface area contributed by atoms with Crippen molar-refractivity contribution in [1.82, 2.24) is 10.0 Å². The van der Waals surface area contributed by atoms with Gasteiger partial charge in [0, 0.05) is 25.7 Å². The molecule has 1 unspecified atom stereocenters. The highest BCUT2D eigenvalue weighted by molar-refractivity contribution is 7.90. The van der Waals surface area contributed by atoms with Gasteiger partial charge >= 0.3 is 0 Å². The van der Waals surface area contributed by atoms with Crippen molar-refractivity contribution in [3.05, 3.63) is 0 Å². The van der Waals surface area contributed by atoms with Crippen LogP contribution in [0.4, 0.5) is 0 Å². The van der Waals surface area contributed by atoms with Crippen molar-refractivity contribution >= 4 is 10.0 Å². The molecule has 0 aromatic carbocycles. The van der Waals surface area contributed by atoms with Gasteiger partial charge in [0.05, 0.1) is 11.9 Å². The van der Waals surface area contributed by atoms with Gasteiger partial charge in [0.25, 0.3) is 0 Å². The molecule has 0 aromatic rings. The van der Waals surface area contributed by atoms with Crippen molar-refractivity contribution < 1.29 is 13.2 Å². The Kier molecular flexibility index (Phi) is 5.00. The number of ether oxygens (including phenoxy) is 1. The predicted molar refractivity (Wildman–Crippen MR) is 71.0 cm³/mol. The number of nitrogens with one attached hydrogen (secondary N) is 2. The van der Waals surface area contributed by atoms with Crippen molar-refractivity contribution in [3.8, 4) is 0 Å². The maximum absolute atomic E-state index is 11.9. The summed E-state index contributed by atoms with van der Waals surface area (Å²) in [6.45, 7) is 3.90. The van der Waals surface area contributed by atoms with Crippen molar-refractivity contribution in [2.45, 2.75) is 43.9 Å². The number of hydrogen-bond acceptors (Lipinski definition) is 4. The van der Waals surface area contributed by atoms with Crippen LogP contribution in [0.15, 0.2) is 0 Å². The van der Waals surface area contributed by atoms with Crippen LogP contribution in [-0.2, 0) is 14.8 Å². The van der Waals surface area contributed by atoms with E-state index in [0.29, 0.717) is 25.7 Å². The summed E-state index contributed by atoms with van der Waals surface area (Å²) in [5.74, 6) is 0.725. The smallest absolute Gasteiger partial charge is 0.215 e. The maximum Gasteiger partial charge on any atom is 0.215 e. The van der Waals surface area contributed by atoms with Gasteiger partial charge in [-0.1, -0.05) is 0 Å². The molecule has 2 aliphatic carbocycles. The molecule has 0 radical (unpaired) electrons. The topological polar surface area (TPSA) is 67.4 Å². The molecule has 0 amide bonds. The van der Waals surface area contributed by atoms with E-state index in [1.165, 1.54) is 25.7 Å². The first-order chi connectivity index (χ1) is 8.58. The Morgan fingerprint density at radius 1 is 1.28 bits per heavy atom. The molecule has 2 N–H and O–H groups in total. The molecule has 2 saturated carbocycles. The van der Waals surface area contributed by atoms with Gasteiger partial charge in [-0.25, -0.2) is 13.1 Å². The van der Waals surface area contributed by atoms with E-state index in [1.807, 2.05) is 0 Å². The summed E-state index contributed by atoms with van der Waals surface area (Å²) in [5, 5.41) is 2.85. The molecule has 5 nitrogen and oxygen atoms in total. The first kappa shape index (κ1) is 14.2. The fourth-order valence-corrected chi connectivity index (χ4v) is 2.63. The third-order valence-electron chi connectivity index (χ3n) is 3.40. The summed E-state index contributed by atoms with van der Waals surface area (Å²) in [6.07, 6.45) is 4.87. The molecule has 0 heterocycles. The molecule has 2 fully saturated rings. The van der Waals surface area contributed by atoms with Crippen LogP contribution in [-0.4, -0.2) is 46.0 Å². The Labute approximate surface area is 110 Å². The molecule has 6 heteroatoms. The first-order valence-corrected chi connectivity index (χ1v) is 8.42. The molecule has 0 spiro atoms. The molecular formula is C12H24N2O3S. The third kappa shape index (κ3) is 5.22. The van der Waals surface area contributed by atoms with E-state index in [9.17, 15) is 8.42 Å². The Hall–Kier alpha value is -0.170. The lowest BCUT2D eigenvalue weighted by molar-refractivity contribution is 0.129. The maximum atomic E-state index is 11.9. The van der Waals surface area contributed by atoms with Crippen LogP contribution in [0.25, 0.3) is 0 Å². The molecule has 18 heavy (non-hydrogen) atoms. The standard InChI is InChI=1S/C12H24N2O3S/c1-10(8-13-12-4-5-12)18(15,16)14-6-7-17-9-11-2-3-11/h10-14H,2-9H2,1H3. The molecule has 2 rings (SSSR count). The largest absolute Gasteiger partial charge is 0.380 e. The van der Waals surface area contributed by atoms with Crippen LogP contribution < -0.4 is 10.0 Å². The number of sulfonamides is 1. The van der Waals surface area contributed by atoms with E-state index >= 15 is 0 Å². The SMILES string of the molecule is CC(CNC1CC1)S(=O)(=O)NCCOCC1CC1. The van der Waals surface area contributed by atoms with E-state index in [-0.39, 0.29) is 5.25 Å². The third-order valence-corrected chi connectivity index (χ3v) is 5.23. The lowest BCUT2D eigenvalue weighted by Crippen LogP contribution is -2.40. The Morgan fingerprint density at radius 2 is 2.00 bits per heavy atom. The van der Waals surface area contributed by atoms with Gasteiger partial charge in [-0.3, -0.25) is 0 Å². The van der Waals surface area contributed by atoms with E-state index in [1.54, 1.807) is 6.92 Å². The summed E-state index contributed by atoms with van der Waals surface area (Å²) in [6, 6.07) is 0.546. The zero-order valence-corrected chi connectivity index (χ0v) is 11.8. The summed E-state index contributed by atoms with van der Waals surface area (Å²) < 4.78 is 31.7. The van der Waals surface area contributed by atoms with Crippen LogP contribution in [0.5, 0.6) is 0 Å². The first-order valence-electron chi connectivity index (χ1n) is 6.87. The molecule has 0 saturated heterocycles. The molecule has 1 atom stereocenters. The predicted octanol–water partition coefficient (Wildman–Crippen LogP) is 0.473. The van der Waals surface area contributed by atoms with Crippen molar-refractivity contribution in [1.29, 1.82) is 0 Å². The highest BCUT2D eigenvalue weighted by Gasteiger charge is 2.25. The van der Waals surface area contributed by atoms with Crippen LogP contribution >= 0.6 is 0 Å². The van der Waals surface area contributed by atoms with Crippen LogP contribution in [0.2, 0.25) is 0 Å². The minimum Gasteiger partial charge on any atom is -0.380 e. The van der Waals surface area contributed by atoms with Gasteiger partial charge < -0.3 is 10.1 Å². The average molecular weight is 276 g/mol. The fourth-order valence-electron chi connectivity index (χ4n) is 1.66. The van der Waals surface area contributed by atoms with Crippen molar-refractivity contribution in [2.24, 2.45) is 5.92 Å². The fraction of sp³-hybridized carbons (Fsp3) is 1.00.